The lowest BCUT2D eigenvalue weighted by Gasteiger charge is -2.36. The van der Waals surface area contributed by atoms with Crippen LogP contribution in [0.1, 0.15) is 39.1 Å². The predicted octanol–water partition coefficient (Wildman–Crippen LogP) is 4.35. The number of piperazine rings is 1. The molecule has 0 saturated carbocycles. The van der Waals surface area contributed by atoms with Gasteiger partial charge in [0.15, 0.2) is 0 Å². The number of carbonyl (C=O) groups is 2. The molecule has 5 rings (SSSR count). The maximum atomic E-state index is 13.0. The number of amides is 2. The summed E-state index contributed by atoms with van der Waals surface area (Å²) in [5.74, 6) is -0.322. The van der Waals surface area contributed by atoms with Crippen LogP contribution in [0.5, 0.6) is 0 Å². The van der Waals surface area contributed by atoms with E-state index >= 15 is 0 Å². The van der Waals surface area contributed by atoms with Gasteiger partial charge in [0.25, 0.3) is 11.8 Å². The highest BCUT2D eigenvalue weighted by atomic mass is 16.2. The maximum absolute atomic E-state index is 13.0. The number of rotatable bonds is 6. The molecule has 2 aliphatic heterocycles. The van der Waals surface area contributed by atoms with E-state index in [2.05, 4.69) is 41.0 Å². The smallest absolute Gasteiger partial charge is 0.261 e. The van der Waals surface area contributed by atoms with E-state index in [4.69, 9.17) is 0 Å². The van der Waals surface area contributed by atoms with Gasteiger partial charge in [-0.1, -0.05) is 42.0 Å². The van der Waals surface area contributed by atoms with Gasteiger partial charge in [0.2, 0.25) is 0 Å². The summed E-state index contributed by atoms with van der Waals surface area (Å²) in [5.41, 5.74) is 3.88. The van der Waals surface area contributed by atoms with Crippen molar-refractivity contribution in [1.82, 2.24) is 9.80 Å². The Balaban J connectivity index is 1.13. The normalized spacial score (nSPS) is 16.8. The lowest BCUT2D eigenvalue weighted by atomic mass is 9.94. The van der Waals surface area contributed by atoms with Gasteiger partial charge in [-0.15, -0.1) is 0 Å². The first-order chi connectivity index (χ1) is 15.6. The molecule has 0 spiro atoms. The third kappa shape index (κ3) is 3.89. The van der Waals surface area contributed by atoms with Crippen molar-refractivity contribution in [1.29, 1.82) is 0 Å². The zero-order valence-corrected chi connectivity index (χ0v) is 18.6. The van der Waals surface area contributed by atoms with E-state index in [1.165, 1.54) is 16.2 Å². The highest BCUT2D eigenvalue weighted by Crippen LogP contribution is 2.30. The number of hydrogen-bond donors (Lipinski definition) is 0. The SMILES string of the molecule is Cc1ccc(N2CCN(CCCCN3C(=O)c4cccc5cccc(c45)C3=O)CC2)cc1. The Labute approximate surface area is 189 Å². The van der Waals surface area contributed by atoms with E-state index < -0.39 is 0 Å². The van der Waals surface area contributed by atoms with Gasteiger partial charge in [0.05, 0.1) is 0 Å². The predicted molar refractivity (Wildman–Crippen MR) is 128 cm³/mol. The zero-order chi connectivity index (χ0) is 22.1. The number of unbranched alkanes of at least 4 members (excludes halogenated alkanes) is 1. The number of aryl methyl sites for hydroxylation is 1. The monoisotopic (exact) mass is 427 g/mol. The molecule has 3 aromatic rings. The van der Waals surface area contributed by atoms with Crippen LogP contribution in [-0.2, 0) is 0 Å². The number of hydrogen-bond acceptors (Lipinski definition) is 4. The number of carbonyl (C=O) groups excluding carboxylic acids is 2. The second kappa shape index (κ2) is 8.75. The molecular formula is C27H29N3O2. The maximum Gasteiger partial charge on any atom is 0.261 e. The van der Waals surface area contributed by atoms with Crippen LogP contribution in [0, 0.1) is 6.92 Å². The molecular weight excluding hydrogens is 398 g/mol. The van der Waals surface area contributed by atoms with E-state index in [1.807, 2.05) is 36.4 Å². The minimum atomic E-state index is -0.161. The third-order valence-electron chi connectivity index (χ3n) is 6.73. The fourth-order valence-electron chi connectivity index (χ4n) is 4.87. The van der Waals surface area contributed by atoms with Crippen molar-refractivity contribution in [2.24, 2.45) is 0 Å². The first-order valence-electron chi connectivity index (χ1n) is 11.5. The molecule has 2 heterocycles. The van der Waals surface area contributed by atoms with Gasteiger partial charge < -0.3 is 4.90 Å². The summed E-state index contributed by atoms with van der Waals surface area (Å²) in [6, 6.07) is 20.1. The molecule has 1 fully saturated rings. The number of anilines is 1. The molecule has 0 N–H and O–H groups in total. The summed E-state index contributed by atoms with van der Waals surface area (Å²) in [6.07, 6.45) is 1.81. The Morgan fingerprint density at radius 2 is 1.31 bits per heavy atom. The summed E-state index contributed by atoms with van der Waals surface area (Å²) >= 11 is 0. The van der Waals surface area contributed by atoms with Crippen LogP contribution in [0.25, 0.3) is 10.8 Å². The standard InChI is InChI=1S/C27H29N3O2/c1-20-10-12-22(13-11-20)29-18-16-28(17-19-29)14-2-3-15-30-26(31)23-8-4-6-21-7-5-9-24(25(21)23)27(30)32/h4-13H,2-3,14-19H2,1H3. The Morgan fingerprint density at radius 3 is 1.94 bits per heavy atom. The molecule has 1 saturated heterocycles. The van der Waals surface area contributed by atoms with Crippen LogP contribution in [-0.4, -0.2) is 60.9 Å². The van der Waals surface area contributed by atoms with E-state index in [0.29, 0.717) is 17.7 Å². The van der Waals surface area contributed by atoms with Crippen LogP contribution < -0.4 is 4.90 Å². The molecule has 0 atom stereocenters. The highest BCUT2D eigenvalue weighted by molar-refractivity contribution is 6.25. The second-order valence-corrected chi connectivity index (χ2v) is 8.84. The number of benzene rings is 3. The molecule has 0 bridgehead atoms. The molecule has 164 valence electrons. The van der Waals surface area contributed by atoms with Crippen molar-refractivity contribution in [3.63, 3.8) is 0 Å². The summed E-state index contributed by atoms with van der Waals surface area (Å²) < 4.78 is 0. The fourth-order valence-corrected chi connectivity index (χ4v) is 4.87. The Kier molecular flexibility index (Phi) is 5.66. The third-order valence-corrected chi connectivity index (χ3v) is 6.73. The summed E-state index contributed by atoms with van der Waals surface area (Å²) in [5, 5.41) is 1.75. The van der Waals surface area contributed by atoms with Crippen LogP contribution >= 0.6 is 0 Å². The van der Waals surface area contributed by atoms with Crippen LogP contribution in [0.15, 0.2) is 60.7 Å². The van der Waals surface area contributed by atoms with Crippen molar-refractivity contribution in [2.45, 2.75) is 19.8 Å². The summed E-state index contributed by atoms with van der Waals surface area (Å²) in [4.78, 5) is 32.3. The minimum Gasteiger partial charge on any atom is -0.369 e. The molecule has 0 aromatic heterocycles. The van der Waals surface area contributed by atoms with Crippen LogP contribution in [0.3, 0.4) is 0 Å². The van der Waals surface area contributed by atoms with Gasteiger partial charge in [0, 0.05) is 54.9 Å². The van der Waals surface area contributed by atoms with Crippen molar-refractivity contribution >= 4 is 28.3 Å². The highest BCUT2D eigenvalue weighted by Gasteiger charge is 2.32. The topological polar surface area (TPSA) is 43.9 Å². The van der Waals surface area contributed by atoms with Gasteiger partial charge in [0.1, 0.15) is 0 Å². The van der Waals surface area contributed by atoms with Gasteiger partial charge in [-0.05, 0) is 56.0 Å². The van der Waals surface area contributed by atoms with Gasteiger partial charge in [-0.25, -0.2) is 0 Å². The molecule has 0 aliphatic carbocycles. The largest absolute Gasteiger partial charge is 0.369 e. The Bertz CT molecular complexity index is 1100. The fraction of sp³-hybridized carbons (Fsp3) is 0.333. The molecule has 2 aliphatic rings. The van der Waals surface area contributed by atoms with Crippen molar-refractivity contribution < 1.29 is 9.59 Å². The van der Waals surface area contributed by atoms with Gasteiger partial charge >= 0.3 is 0 Å². The molecule has 0 unspecified atom stereocenters. The summed E-state index contributed by atoms with van der Waals surface area (Å²) in [6.45, 7) is 7.76. The van der Waals surface area contributed by atoms with Crippen LogP contribution in [0.4, 0.5) is 5.69 Å². The average Bonchev–Trinajstić information content (AvgIpc) is 2.83. The Hall–Kier alpha value is -3.18. The molecule has 2 amide bonds. The number of nitrogens with zero attached hydrogens (tertiary/aromatic N) is 3. The minimum absolute atomic E-state index is 0.161. The van der Waals surface area contributed by atoms with Crippen molar-refractivity contribution in [2.75, 3.05) is 44.2 Å². The molecule has 5 nitrogen and oxygen atoms in total. The van der Waals surface area contributed by atoms with Crippen molar-refractivity contribution in [3.05, 3.63) is 77.4 Å². The number of imide groups is 1. The lowest BCUT2D eigenvalue weighted by Crippen LogP contribution is -2.46. The van der Waals surface area contributed by atoms with Crippen molar-refractivity contribution in [3.8, 4) is 0 Å². The first kappa shape index (κ1) is 20.7. The van der Waals surface area contributed by atoms with Gasteiger partial charge in [-0.2, -0.15) is 0 Å². The Morgan fingerprint density at radius 1 is 0.719 bits per heavy atom. The van der Waals surface area contributed by atoms with E-state index in [9.17, 15) is 9.59 Å². The molecule has 32 heavy (non-hydrogen) atoms. The van der Waals surface area contributed by atoms with E-state index in [0.717, 1.165) is 56.3 Å². The molecule has 0 radical (unpaired) electrons. The lowest BCUT2D eigenvalue weighted by molar-refractivity contribution is 0.0606. The quantitative estimate of drug-likeness (QED) is 0.433. The molecule has 3 aromatic carbocycles. The van der Waals surface area contributed by atoms with E-state index in [1.54, 1.807) is 0 Å². The summed E-state index contributed by atoms with van der Waals surface area (Å²) in [7, 11) is 0. The zero-order valence-electron chi connectivity index (χ0n) is 18.6. The van der Waals surface area contributed by atoms with Gasteiger partial charge in [-0.3, -0.25) is 19.4 Å². The van der Waals surface area contributed by atoms with E-state index in [-0.39, 0.29) is 11.8 Å². The average molecular weight is 428 g/mol. The molecule has 5 heteroatoms. The first-order valence-corrected chi connectivity index (χ1v) is 11.5. The second-order valence-electron chi connectivity index (χ2n) is 8.84. The van der Waals surface area contributed by atoms with Crippen LogP contribution in [0.2, 0.25) is 0 Å².